The molecule has 0 amide bonds. The van der Waals surface area contributed by atoms with Crippen molar-refractivity contribution in [1.82, 2.24) is 4.98 Å². The summed E-state index contributed by atoms with van der Waals surface area (Å²) in [5.41, 5.74) is 5.61. The third-order valence-corrected chi connectivity index (χ3v) is 5.13. The smallest absolute Gasteiger partial charge is 0.161 e. The van der Waals surface area contributed by atoms with Gasteiger partial charge in [0.15, 0.2) is 11.5 Å². The number of nitriles is 1. The molecule has 1 aromatic heterocycles. The van der Waals surface area contributed by atoms with E-state index in [-0.39, 0.29) is 5.75 Å². The minimum atomic E-state index is 0.0822. The molecule has 0 bridgehead atoms. The van der Waals surface area contributed by atoms with Crippen LogP contribution >= 0.6 is 11.3 Å². The van der Waals surface area contributed by atoms with Gasteiger partial charge in [0, 0.05) is 10.9 Å². The summed E-state index contributed by atoms with van der Waals surface area (Å²) in [6, 6.07) is 13.5. The predicted octanol–water partition coefficient (Wildman–Crippen LogP) is 5.60. The van der Waals surface area contributed by atoms with Crippen LogP contribution in [0.4, 0.5) is 0 Å². The number of aryl methyl sites for hydroxylation is 2. The summed E-state index contributed by atoms with van der Waals surface area (Å²) in [5.74, 6) is 0.484. The lowest BCUT2D eigenvalue weighted by Crippen LogP contribution is -1.92. The monoisotopic (exact) mass is 376 g/mol. The Morgan fingerprint density at radius 2 is 2.04 bits per heavy atom. The fraction of sp³-hybridized carbons (Fsp3) is 0.182. The fourth-order valence-corrected chi connectivity index (χ4v) is 3.43. The van der Waals surface area contributed by atoms with Crippen LogP contribution in [0.1, 0.15) is 28.6 Å². The zero-order valence-electron chi connectivity index (χ0n) is 15.5. The van der Waals surface area contributed by atoms with Gasteiger partial charge in [-0.15, -0.1) is 11.3 Å². The highest BCUT2D eigenvalue weighted by atomic mass is 32.1. The number of thiazole rings is 1. The van der Waals surface area contributed by atoms with Crippen molar-refractivity contribution in [3.8, 4) is 28.8 Å². The van der Waals surface area contributed by atoms with Crippen molar-refractivity contribution in [3.63, 3.8) is 0 Å². The van der Waals surface area contributed by atoms with Gasteiger partial charge >= 0.3 is 0 Å². The summed E-state index contributed by atoms with van der Waals surface area (Å²) in [5, 5.41) is 22.0. The lowest BCUT2D eigenvalue weighted by atomic mass is 10.1. The quantitative estimate of drug-likeness (QED) is 0.589. The van der Waals surface area contributed by atoms with Crippen LogP contribution in [-0.2, 0) is 0 Å². The Kier molecular flexibility index (Phi) is 5.58. The second-order valence-corrected chi connectivity index (χ2v) is 7.03. The van der Waals surface area contributed by atoms with Gasteiger partial charge in [0.25, 0.3) is 0 Å². The topological polar surface area (TPSA) is 66.1 Å². The first-order valence-electron chi connectivity index (χ1n) is 8.63. The van der Waals surface area contributed by atoms with Crippen LogP contribution in [0.15, 0.2) is 41.8 Å². The first-order valence-corrected chi connectivity index (χ1v) is 9.51. The predicted molar refractivity (Wildman–Crippen MR) is 110 cm³/mol. The summed E-state index contributed by atoms with van der Waals surface area (Å²) >= 11 is 1.44. The van der Waals surface area contributed by atoms with Gasteiger partial charge in [-0.25, -0.2) is 4.98 Å². The maximum atomic E-state index is 9.82. The SMILES string of the molecule is CCOc1cc(/C=C(/C#N)c2nc(-c3ccc(C)c(C)c3)cs2)ccc1O. The van der Waals surface area contributed by atoms with Gasteiger partial charge in [0.2, 0.25) is 0 Å². The zero-order valence-corrected chi connectivity index (χ0v) is 16.3. The molecule has 4 nitrogen and oxygen atoms in total. The molecule has 0 saturated carbocycles. The number of rotatable bonds is 5. The Labute approximate surface area is 163 Å². The molecule has 0 radical (unpaired) electrons. The molecule has 0 unspecified atom stereocenters. The summed E-state index contributed by atoms with van der Waals surface area (Å²) in [4.78, 5) is 4.64. The molecule has 0 aliphatic carbocycles. The van der Waals surface area contributed by atoms with Gasteiger partial charge in [0.1, 0.15) is 11.1 Å². The molecule has 0 saturated heterocycles. The minimum Gasteiger partial charge on any atom is -0.504 e. The molecule has 27 heavy (non-hydrogen) atoms. The highest BCUT2D eigenvalue weighted by Gasteiger charge is 2.11. The molecule has 136 valence electrons. The normalized spacial score (nSPS) is 11.3. The fourth-order valence-electron chi connectivity index (χ4n) is 2.63. The third kappa shape index (κ3) is 4.18. The van der Waals surface area contributed by atoms with E-state index in [0.717, 1.165) is 16.8 Å². The van der Waals surface area contributed by atoms with E-state index in [2.05, 4.69) is 37.0 Å². The molecule has 0 aliphatic heterocycles. The molecule has 3 rings (SSSR count). The Morgan fingerprint density at radius 1 is 1.22 bits per heavy atom. The number of hydrogen-bond acceptors (Lipinski definition) is 5. The van der Waals surface area contributed by atoms with Gasteiger partial charge in [-0.3, -0.25) is 0 Å². The highest BCUT2D eigenvalue weighted by molar-refractivity contribution is 7.11. The van der Waals surface area contributed by atoms with E-state index in [0.29, 0.717) is 22.9 Å². The second kappa shape index (κ2) is 8.07. The average Bonchev–Trinajstić information content (AvgIpc) is 3.14. The standard InChI is InChI=1S/C22H20N2O2S/c1-4-26-21-11-16(6-8-20(21)25)10-18(12-23)22-24-19(13-27-22)17-7-5-14(2)15(3)9-17/h5-11,13,25H,4H2,1-3H3/b18-10-. The van der Waals surface area contributed by atoms with E-state index in [1.165, 1.54) is 22.5 Å². The number of allylic oxidation sites excluding steroid dienone is 1. The van der Waals surface area contributed by atoms with E-state index in [1.807, 2.05) is 18.4 Å². The van der Waals surface area contributed by atoms with Crippen LogP contribution in [0.3, 0.4) is 0 Å². The average molecular weight is 376 g/mol. The van der Waals surface area contributed by atoms with Crippen molar-refractivity contribution in [1.29, 1.82) is 5.26 Å². The number of aromatic nitrogens is 1. The number of nitrogens with zero attached hydrogens (tertiary/aromatic N) is 2. The maximum Gasteiger partial charge on any atom is 0.161 e. The Morgan fingerprint density at radius 3 is 2.74 bits per heavy atom. The van der Waals surface area contributed by atoms with Crippen LogP contribution < -0.4 is 4.74 Å². The summed E-state index contributed by atoms with van der Waals surface area (Å²) in [7, 11) is 0. The van der Waals surface area contributed by atoms with Crippen molar-refractivity contribution in [3.05, 3.63) is 63.5 Å². The minimum absolute atomic E-state index is 0.0822. The van der Waals surface area contributed by atoms with Crippen LogP contribution in [0.2, 0.25) is 0 Å². The number of phenolic OH excluding ortho intramolecular Hbond substituents is 1. The van der Waals surface area contributed by atoms with Crippen LogP contribution in [-0.4, -0.2) is 16.7 Å². The van der Waals surface area contributed by atoms with Crippen LogP contribution in [0.5, 0.6) is 11.5 Å². The number of aromatic hydroxyl groups is 1. The lowest BCUT2D eigenvalue weighted by molar-refractivity contribution is 0.318. The van der Waals surface area contributed by atoms with Crippen molar-refractivity contribution < 1.29 is 9.84 Å². The Bertz CT molecular complexity index is 1040. The summed E-state index contributed by atoms with van der Waals surface area (Å²) < 4.78 is 5.41. The molecule has 2 aromatic carbocycles. The largest absolute Gasteiger partial charge is 0.504 e. The number of phenols is 1. The highest BCUT2D eigenvalue weighted by Crippen LogP contribution is 2.31. The molecule has 1 heterocycles. The number of hydrogen-bond donors (Lipinski definition) is 1. The van der Waals surface area contributed by atoms with Gasteiger partial charge < -0.3 is 9.84 Å². The van der Waals surface area contributed by atoms with E-state index < -0.39 is 0 Å². The molecule has 0 aliphatic rings. The third-order valence-electron chi connectivity index (χ3n) is 4.25. The van der Waals surface area contributed by atoms with E-state index in [4.69, 9.17) is 4.74 Å². The van der Waals surface area contributed by atoms with Crippen molar-refractivity contribution in [2.75, 3.05) is 6.61 Å². The Balaban J connectivity index is 1.94. The van der Waals surface area contributed by atoms with E-state index >= 15 is 0 Å². The van der Waals surface area contributed by atoms with Gasteiger partial charge in [-0.1, -0.05) is 18.2 Å². The summed E-state index contributed by atoms with van der Waals surface area (Å²) in [6.45, 7) is 6.47. The van der Waals surface area contributed by atoms with Crippen molar-refractivity contribution >= 4 is 23.0 Å². The van der Waals surface area contributed by atoms with Gasteiger partial charge in [-0.05, 0) is 61.7 Å². The molecule has 1 N–H and O–H groups in total. The first-order chi connectivity index (χ1) is 13.0. The molecule has 3 aromatic rings. The van der Waals surface area contributed by atoms with Crippen molar-refractivity contribution in [2.45, 2.75) is 20.8 Å². The first kappa shape index (κ1) is 18.7. The molecule has 0 atom stereocenters. The maximum absolute atomic E-state index is 9.82. The lowest BCUT2D eigenvalue weighted by Gasteiger charge is -2.06. The summed E-state index contributed by atoms with van der Waals surface area (Å²) in [6.07, 6.45) is 1.75. The Hall–Kier alpha value is -3.10. The molecular weight excluding hydrogens is 356 g/mol. The van der Waals surface area contributed by atoms with E-state index in [1.54, 1.807) is 24.3 Å². The molecular formula is C22H20N2O2S. The van der Waals surface area contributed by atoms with Crippen LogP contribution in [0.25, 0.3) is 22.9 Å². The second-order valence-electron chi connectivity index (χ2n) is 6.17. The van der Waals surface area contributed by atoms with E-state index in [9.17, 15) is 10.4 Å². The zero-order chi connectivity index (χ0) is 19.4. The van der Waals surface area contributed by atoms with Crippen molar-refractivity contribution in [2.24, 2.45) is 0 Å². The molecule has 0 spiro atoms. The molecule has 0 fully saturated rings. The van der Waals surface area contributed by atoms with Gasteiger partial charge in [-0.2, -0.15) is 5.26 Å². The van der Waals surface area contributed by atoms with Gasteiger partial charge in [0.05, 0.1) is 17.9 Å². The van der Waals surface area contributed by atoms with Crippen LogP contribution in [0, 0.1) is 25.2 Å². The molecule has 5 heteroatoms. The number of benzene rings is 2. The number of ether oxygens (including phenoxy) is 1.